The van der Waals surface area contributed by atoms with Crippen molar-refractivity contribution in [3.8, 4) is 0 Å². The van der Waals surface area contributed by atoms with E-state index in [0.29, 0.717) is 5.92 Å². The van der Waals surface area contributed by atoms with Crippen LogP contribution in [0.3, 0.4) is 0 Å². The van der Waals surface area contributed by atoms with E-state index in [1.165, 1.54) is 68.1 Å². The molecule has 29 heavy (non-hydrogen) atoms. The quantitative estimate of drug-likeness (QED) is 0.864. The number of nitrogens with zero attached hydrogens (tertiary/aromatic N) is 5. The van der Waals surface area contributed by atoms with E-state index in [4.69, 9.17) is 0 Å². The molecule has 4 heterocycles. The van der Waals surface area contributed by atoms with Gasteiger partial charge in [-0.2, -0.15) is 0 Å². The van der Waals surface area contributed by atoms with E-state index in [2.05, 4.69) is 54.1 Å². The summed E-state index contributed by atoms with van der Waals surface area (Å²) in [5.74, 6) is 2.91. The summed E-state index contributed by atoms with van der Waals surface area (Å²) < 4.78 is 2.42. The fraction of sp³-hybridized carbons (Fsp3) is 0.652. The Bertz CT molecular complexity index is 803. The summed E-state index contributed by atoms with van der Waals surface area (Å²) >= 11 is 0. The van der Waals surface area contributed by atoms with Crippen LogP contribution in [-0.2, 0) is 19.5 Å². The van der Waals surface area contributed by atoms with Crippen molar-refractivity contribution in [2.75, 3.05) is 44.2 Å². The summed E-state index contributed by atoms with van der Waals surface area (Å²) in [6.45, 7) is 8.79. The van der Waals surface area contributed by atoms with Crippen molar-refractivity contribution in [1.82, 2.24) is 25.0 Å². The molecule has 0 bridgehead atoms. The van der Waals surface area contributed by atoms with Gasteiger partial charge in [0.25, 0.3) is 0 Å². The fourth-order valence-electron chi connectivity index (χ4n) is 5.25. The molecule has 2 aromatic rings. The maximum atomic E-state index is 4.60. The Balaban J connectivity index is 1.28. The molecule has 0 amide bonds. The average molecular weight is 395 g/mol. The normalized spacial score (nSPS) is 23.6. The van der Waals surface area contributed by atoms with Crippen LogP contribution in [0.1, 0.15) is 55.2 Å². The number of hydrogen-bond donors (Lipinski definition) is 1. The van der Waals surface area contributed by atoms with Gasteiger partial charge < -0.3 is 14.8 Å². The van der Waals surface area contributed by atoms with E-state index in [-0.39, 0.29) is 0 Å². The first-order valence-electron chi connectivity index (χ1n) is 11.6. The van der Waals surface area contributed by atoms with Gasteiger partial charge in [0.1, 0.15) is 11.6 Å². The van der Waals surface area contributed by atoms with Crippen molar-refractivity contribution in [3.63, 3.8) is 0 Å². The maximum Gasteiger partial charge on any atom is 0.137 e. The summed E-state index contributed by atoms with van der Waals surface area (Å²) in [4.78, 5) is 5.21. The molecule has 1 unspecified atom stereocenters. The molecule has 6 heteroatoms. The number of fused-ring (bicyclic) bond motifs is 1. The molecule has 1 aromatic heterocycles. The first-order valence-corrected chi connectivity index (χ1v) is 11.6. The van der Waals surface area contributed by atoms with Crippen LogP contribution in [-0.4, -0.2) is 58.9 Å². The summed E-state index contributed by atoms with van der Waals surface area (Å²) in [5, 5.41) is 12.7. The lowest BCUT2D eigenvalue weighted by atomic mass is 9.99. The summed E-state index contributed by atoms with van der Waals surface area (Å²) in [7, 11) is 0. The lowest BCUT2D eigenvalue weighted by Crippen LogP contribution is -2.32. The molecule has 6 nitrogen and oxygen atoms in total. The van der Waals surface area contributed by atoms with Crippen molar-refractivity contribution in [3.05, 3.63) is 41.5 Å². The predicted octanol–water partition coefficient (Wildman–Crippen LogP) is 2.79. The zero-order chi connectivity index (χ0) is 19.5. The van der Waals surface area contributed by atoms with Gasteiger partial charge >= 0.3 is 0 Å². The highest BCUT2D eigenvalue weighted by atomic mass is 15.3. The van der Waals surface area contributed by atoms with E-state index >= 15 is 0 Å². The van der Waals surface area contributed by atoms with E-state index in [1.807, 2.05) is 0 Å². The Morgan fingerprint density at radius 2 is 1.83 bits per heavy atom. The van der Waals surface area contributed by atoms with Gasteiger partial charge in [0.15, 0.2) is 0 Å². The van der Waals surface area contributed by atoms with Gasteiger partial charge in [0.05, 0.1) is 0 Å². The van der Waals surface area contributed by atoms with Crippen LogP contribution in [0.2, 0.25) is 0 Å². The second-order valence-corrected chi connectivity index (χ2v) is 8.87. The lowest BCUT2D eigenvalue weighted by Gasteiger charge is -2.32. The molecule has 0 radical (unpaired) electrons. The van der Waals surface area contributed by atoms with Gasteiger partial charge in [-0.05, 0) is 50.3 Å². The molecule has 5 rings (SSSR count). The van der Waals surface area contributed by atoms with Crippen LogP contribution in [0, 0.1) is 0 Å². The van der Waals surface area contributed by atoms with Gasteiger partial charge in [-0.1, -0.05) is 18.2 Å². The van der Waals surface area contributed by atoms with Crippen LogP contribution in [0.5, 0.6) is 0 Å². The third kappa shape index (κ3) is 4.19. The number of anilines is 1. The Labute approximate surface area is 174 Å². The number of hydrogen-bond acceptors (Lipinski definition) is 5. The van der Waals surface area contributed by atoms with Gasteiger partial charge in [-0.15, -0.1) is 10.2 Å². The minimum absolute atomic E-state index is 0.524. The van der Waals surface area contributed by atoms with E-state index in [1.54, 1.807) is 0 Å². The third-order valence-corrected chi connectivity index (χ3v) is 6.89. The largest absolute Gasteiger partial charge is 0.371 e. The van der Waals surface area contributed by atoms with Gasteiger partial charge in [-0.25, -0.2) is 0 Å². The molecule has 1 aromatic carbocycles. The number of piperidine rings is 2. The van der Waals surface area contributed by atoms with Crippen LogP contribution >= 0.6 is 0 Å². The van der Waals surface area contributed by atoms with Crippen LogP contribution < -0.4 is 10.2 Å². The summed E-state index contributed by atoms with van der Waals surface area (Å²) in [6.07, 6.45) is 7.50. The van der Waals surface area contributed by atoms with Crippen molar-refractivity contribution in [2.24, 2.45) is 0 Å². The minimum atomic E-state index is 0.524. The first kappa shape index (κ1) is 19.1. The Morgan fingerprint density at radius 3 is 2.69 bits per heavy atom. The Hall–Kier alpha value is -1.92. The Kier molecular flexibility index (Phi) is 5.81. The van der Waals surface area contributed by atoms with Crippen LogP contribution in [0.15, 0.2) is 24.3 Å². The van der Waals surface area contributed by atoms with Crippen molar-refractivity contribution >= 4 is 5.69 Å². The minimum Gasteiger partial charge on any atom is -0.371 e. The molecule has 2 fully saturated rings. The molecule has 3 aliphatic rings. The number of para-hydroxylation sites is 1. The molecule has 0 spiro atoms. The van der Waals surface area contributed by atoms with Gasteiger partial charge in [0, 0.05) is 63.8 Å². The summed E-state index contributed by atoms with van der Waals surface area (Å²) in [5.41, 5.74) is 2.92. The number of rotatable bonds is 4. The van der Waals surface area contributed by atoms with Gasteiger partial charge in [-0.3, -0.25) is 4.90 Å². The molecule has 3 aliphatic heterocycles. The Morgan fingerprint density at radius 1 is 0.931 bits per heavy atom. The smallest absolute Gasteiger partial charge is 0.137 e. The second-order valence-electron chi connectivity index (χ2n) is 8.87. The highest BCUT2D eigenvalue weighted by molar-refractivity contribution is 5.53. The van der Waals surface area contributed by atoms with Crippen LogP contribution in [0.25, 0.3) is 0 Å². The molecular formula is C23H34N6. The molecule has 0 saturated carbocycles. The molecular weight excluding hydrogens is 360 g/mol. The van der Waals surface area contributed by atoms with Crippen LogP contribution in [0.4, 0.5) is 5.69 Å². The van der Waals surface area contributed by atoms with Crippen molar-refractivity contribution in [2.45, 2.75) is 57.5 Å². The molecule has 1 atom stereocenters. The monoisotopic (exact) mass is 394 g/mol. The van der Waals surface area contributed by atoms with Gasteiger partial charge in [0.2, 0.25) is 0 Å². The fourth-order valence-corrected chi connectivity index (χ4v) is 5.25. The molecule has 1 N–H and O–H groups in total. The first-order chi connectivity index (χ1) is 14.4. The zero-order valence-electron chi connectivity index (χ0n) is 17.5. The molecule has 2 saturated heterocycles. The topological polar surface area (TPSA) is 49.2 Å². The van der Waals surface area contributed by atoms with Crippen molar-refractivity contribution < 1.29 is 0 Å². The zero-order valence-corrected chi connectivity index (χ0v) is 17.5. The van der Waals surface area contributed by atoms with E-state index < -0.39 is 0 Å². The molecule has 156 valence electrons. The number of nitrogens with one attached hydrogen (secondary N) is 1. The lowest BCUT2D eigenvalue weighted by molar-refractivity contribution is 0.269. The van der Waals surface area contributed by atoms with E-state index in [0.717, 1.165) is 45.7 Å². The van der Waals surface area contributed by atoms with E-state index in [9.17, 15) is 0 Å². The third-order valence-electron chi connectivity index (χ3n) is 6.89. The SMILES string of the molecule is c1ccc(N2CCCCC2)c(CN2CCc3nnc(C4CCCNC4)n3CC2)c1. The predicted molar refractivity (Wildman–Crippen MR) is 116 cm³/mol. The van der Waals surface area contributed by atoms with Crippen molar-refractivity contribution in [1.29, 1.82) is 0 Å². The number of aromatic nitrogens is 3. The maximum absolute atomic E-state index is 4.60. The average Bonchev–Trinajstić information content (AvgIpc) is 3.10. The highest BCUT2D eigenvalue weighted by Gasteiger charge is 2.25. The molecule has 0 aliphatic carbocycles. The highest BCUT2D eigenvalue weighted by Crippen LogP contribution is 2.27. The summed E-state index contributed by atoms with van der Waals surface area (Å²) in [6, 6.07) is 9.04. The number of benzene rings is 1. The standard InChI is InChI=1S/C23H34N6/c1-4-12-28(13-5-1)21-9-3-2-7-20(21)18-27-14-10-22-25-26-23(29(22)16-15-27)19-8-6-11-24-17-19/h2-3,7,9,19,24H,1,4-6,8,10-18H2. The second kappa shape index (κ2) is 8.84.